The molecule has 0 aliphatic carbocycles. The second-order valence-corrected chi connectivity index (χ2v) is 5.60. The van der Waals surface area contributed by atoms with E-state index in [-0.39, 0.29) is 22.9 Å². The van der Waals surface area contributed by atoms with E-state index < -0.39 is 4.92 Å². The Balaban J connectivity index is 1.88. The number of hydrogen-bond acceptors (Lipinski definition) is 5. The van der Waals surface area contributed by atoms with Gasteiger partial charge in [-0.05, 0) is 30.3 Å². The van der Waals surface area contributed by atoms with Crippen LogP contribution in [0.4, 0.5) is 17.1 Å². The molecule has 2 N–H and O–H groups in total. The van der Waals surface area contributed by atoms with Gasteiger partial charge >= 0.3 is 0 Å². The smallest absolute Gasteiger partial charge is 0.270 e. The van der Waals surface area contributed by atoms with Gasteiger partial charge in [0.25, 0.3) is 11.6 Å². The van der Waals surface area contributed by atoms with E-state index in [0.29, 0.717) is 16.9 Å². The van der Waals surface area contributed by atoms with Crippen LogP contribution in [0.5, 0.6) is 5.75 Å². The zero-order chi connectivity index (χ0) is 19.2. The van der Waals surface area contributed by atoms with Crippen LogP contribution < -0.4 is 5.32 Å². The molecule has 3 aromatic rings. The molecule has 0 radical (unpaired) electrons. The number of phenols is 1. The Labute approximate surface area is 154 Å². The van der Waals surface area contributed by atoms with Gasteiger partial charge in [-0.1, -0.05) is 30.3 Å². The quantitative estimate of drug-likeness (QED) is 0.401. The van der Waals surface area contributed by atoms with Crippen molar-refractivity contribution in [2.45, 2.75) is 0 Å². The molecule has 0 bridgehead atoms. The lowest BCUT2D eigenvalue weighted by Gasteiger charge is -2.07. The summed E-state index contributed by atoms with van der Waals surface area (Å²) in [4.78, 5) is 27.1. The molecular weight excluding hydrogens is 346 g/mol. The highest BCUT2D eigenvalue weighted by Crippen LogP contribution is 2.24. The number of carbonyl (C=O) groups excluding carboxylic acids is 1. The standard InChI is InChI=1S/C20H15N3O4/c24-19-11-10-16(23(26)27)12-14(19)13-21-18-9-5-4-8-17(18)20(25)22-15-6-2-1-3-7-15/h1-13,24H,(H,22,25). The molecule has 0 aliphatic heterocycles. The Kier molecular flexibility index (Phi) is 5.22. The molecule has 0 fully saturated rings. The normalized spacial score (nSPS) is 10.7. The van der Waals surface area contributed by atoms with Gasteiger partial charge < -0.3 is 10.4 Å². The van der Waals surface area contributed by atoms with Crippen molar-refractivity contribution in [1.82, 2.24) is 0 Å². The SMILES string of the molecule is O=C(Nc1ccccc1)c1ccccc1N=Cc1cc([N+](=O)[O-])ccc1O. The second-order valence-electron chi connectivity index (χ2n) is 5.60. The maximum atomic E-state index is 12.5. The van der Waals surface area contributed by atoms with Crippen molar-refractivity contribution in [2.24, 2.45) is 4.99 Å². The molecule has 0 saturated carbocycles. The average molecular weight is 361 g/mol. The third kappa shape index (κ3) is 4.35. The minimum Gasteiger partial charge on any atom is -0.507 e. The maximum absolute atomic E-state index is 12.5. The van der Waals surface area contributed by atoms with Crippen LogP contribution in [-0.4, -0.2) is 22.2 Å². The Morgan fingerprint density at radius 2 is 1.74 bits per heavy atom. The first-order chi connectivity index (χ1) is 13.0. The largest absolute Gasteiger partial charge is 0.507 e. The molecule has 3 aromatic carbocycles. The number of nitrogens with zero attached hydrogens (tertiary/aromatic N) is 2. The van der Waals surface area contributed by atoms with Gasteiger partial charge in [0.1, 0.15) is 5.75 Å². The molecule has 1 amide bonds. The van der Waals surface area contributed by atoms with Crippen LogP contribution in [0.1, 0.15) is 15.9 Å². The predicted molar refractivity (Wildman–Crippen MR) is 103 cm³/mol. The average Bonchev–Trinajstić information content (AvgIpc) is 2.68. The number of non-ortho nitro benzene ring substituents is 1. The van der Waals surface area contributed by atoms with E-state index in [2.05, 4.69) is 10.3 Å². The van der Waals surface area contributed by atoms with Crippen LogP contribution >= 0.6 is 0 Å². The molecule has 0 unspecified atom stereocenters. The zero-order valence-electron chi connectivity index (χ0n) is 14.1. The third-order valence-electron chi connectivity index (χ3n) is 3.74. The minimum atomic E-state index is -0.558. The van der Waals surface area contributed by atoms with Gasteiger partial charge in [-0.25, -0.2) is 0 Å². The Hall–Kier alpha value is -4.00. The molecule has 7 heteroatoms. The fourth-order valence-electron chi connectivity index (χ4n) is 2.40. The lowest BCUT2D eigenvalue weighted by molar-refractivity contribution is -0.384. The van der Waals surface area contributed by atoms with Crippen molar-refractivity contribution in [2.75, 3.05) is 5.32 Å². The molecule has 0 aliphatic rings. The number of nitro groups is 1. The molecule has 7 nitrogen and oxygen atoms in total. The molecule has 134 valence electrons. The molecule has 3 rings (SSSR count). The van der Waals surface area contributed by atoms with Crippen molar-refractivity contribution in [1.29, 1.82) is 0 Å². The van der Waals surface area contributed by atoms with Crippen LogP contribution in [0.3, 0.4) is 0 Å². The lowest BCUT2D eigenvalue weighted by Crippen LogP contribution is -2.11. The number of aliphatic imine (C=N–C) groups is 1. The van der Waals surface area contributed by atoms with Crippen molar-refractivity contribution in [3.8, 4) is 5.75 Å². The topological polar surface area (TPSA) is 105 Å². The number of hydrogen-bond donors (Lipinski definition) is 2. The number of nitro benzene ring substituents is 1. The van der Waals surface area contributed by atoms with E-state index in [9.17, 15) is 20.0 Å². The number of phenolic OH excluding ortho intramolecular Hbond substituents is 1. The van der Waals surface area contributed by atoms with Gasteiger partial charge in [0.15, 0.2) is 0 Å². The summed E-state index contributed by atoms with van der Waals surface area (Å²) in [5.74, 6) is -0.479. The molecule has 27 heavy (non-hydrogen) atoms. The van der Waals surface area contributed by atoms with Crippen LogP contribution in [-0.2, 0) is 0 Å². The van der Waals surface area contributed by atoms with E-state index >= 15 is 0 Å². The number of carbonyl (C=O) groups is 1. The number of aromatic hydroxyl groups is 1. The van der Waals surface area contributed by atoms with Gasteiger partial charge in [-0.15, -0.1) is 0 Å². The van der Waals surface area contributed by atoms with Gasteiger partial charge in [-0.3, -0.25) is 19.9 Å². The van der Waals surface area contributed by atoms with Crippen LogP contribution in [0.2, 0.25) is 0 Å². The number of amides is 1. The van der Waals surface area contributed by atoms with E-state index in [1.807, 2.05) is 18.2 Å². The van der Waals surface area contributed by atoms with E-state index in [0.717, 1.165) is 0 Å². The summed E-state index contributed by atoms with van der Waals surface area (Å²) in [6, 6.07) is 19.4. The molecular formula is C20H15N3O4. The van der Waals surface area contributed by atoms with Gasteiger partial charge in [0.2, 0.25) is 0 Å². The Morgan fingerprint density at radius 3 is 2.48 bits per heavy atom. The monoisotopic (exact) mass is 361 g/mol. The molecule has 0 saturated heterocycles. The highest BCUT2D eigenvalue weighted by Gasteiger charge is 2.12. The first-order valence-electron chi connectivity index (χ1n) is 8.01. The first-order valence-corrected chi connectivity index (χ1v) is 8.01. The summed E-state index contributed by atoms with van der Waals surface area (Å²) >= 11 is 0. The number of nitrogens with one attached hydrogen (secondary N) is 1. The summed E-state index contributed by atoms with van der Waals surface area (Å²) in [5, 5.41) is 23.5. The number of benzene rings is 3. The number of rotatable bonds is 5. The van der Waals surface area contributed by atoms with Gasteiger partial charge in [0.05, 0.1) is 16.2 Å². The van der Waals surface area contributed by atoms with Crippen LogP contribution in [0.25, 0.3) is 0 Å². The molecule has 0 spiro atoms. The summed E-state index contributed by atoms with van der Waals surface area (Å²) in [5.41, 5.74) is 1.38. The fraction of sp³-hybridized carbons (Fsp3) is 0. The molecule has 0 atom stereocenters. The number of anilines is 1. The Bertz CT molecular complexity index is 1020. The first kappa shape index (κ1) is 17.8. The molecule has 0 aromatic heterocycles. The predicted octanol–water partition coefficient (Wildman–Crippen LogP) is 4.30. The third-order valence-corrected chi connectivity index (χ3v) is 3.74. The van der Waals surface area contributed by atoms with Gasteiger partial charge in [-0.2, -0.15) is 0 Å². The van der Waals surface area contributed by atoms with Crippen molar-refractivity contribution in [3.05, 3.63) is 94.0 Å². The minimum absolute atomic E-state index is 0.143. The summed E-state index contributed by atoms with van der Waals surface area (Å²) in [6.45, 7) is 0. The highest BCUT2D eigenvalue weighted by atomic mass is 16.6. The van der Waals surface area contributed by atoms with E-state index in [1.54, 1.807) is 36.4 Å². The van der Waals surface area contributed by atoms with Gasteiger partial charge in [0, 0.05) is 29.6 Å². The summed E-state index contributed by atoms with van der Waals surface area (Å²) < 4.78 is 0. The fourth-order valence-corrected chi connectivity index (χ4v) is 2.40. The Morgan fingerprint density at radius 1 is 1.04 bits per heavy atom. The van der Waals surface area contributed by atoms with E-state index in [1.165, 1.54) is 24.4 Å². The molecule has 0 heterocycles. The summed E-state index contributed by atoms with van der Waals surface area (Å²) in [7, 11) is 0. The second kappa shape index (κ2) is 7.92. The van der Waals surface area contributed by atoms with Crippen molar-refractivity contribution >= 4 is 29.2 Å². The van der Waals surface area contributed by atoms with Crippen LogP contribution in [0.15, 0.2) is 77.8 Å². The number of para-hydroxylation sites is 2. The van der Waals surface area contributed by atoms with E-state index in [4.69, 9.17) is 0 Å². The maximum Gasteiger partial charge on any atom is 0.270 e. The zero-order valence-corrected chi connectivity index (χ0v) is 14.1. The van der Waals surface area contributed by atoms with Crippen molar-refractivity contribution in [3.63, 3.8) is 0 Å². The lowest BCUT2D eigenvalue weighted by atomic mass is 10.1. The van der Waals surface area contributed by atoms with Crippen molar-refractivity contribution < 1.29 is 14.8 Å². The highest BCUT2D eigenvalue weighted by molar-refractivity contribution is 6.08. The van der Waals surface area contributed by atoms with Crippen LogP contribution in [0, 0.1) is 10.1 Å². The summed E-state index contributed by atoms with van der Waals surface area (Å²) in [6.07, 6.45) is 1.29.